The summed E-state index contributed by atoms with van der Waals surface area (Å²) >= 11 is 0. The molecule has 1 N–H and O–H groups in total. The van der Waals surface area contributed by atoms with Crippen molar-refractivity contribution in [3.8, 4) is 0 Å². The first-order chi connectivity index (χ1) is 7.70. The second-order valence-electron chi connectivity index (χ2n) is 2.99. The lowest BCUT2D eigenvalue weighted by Gasteiger charge is -2.05. The molecule has 94 valence electrons. The molecular weight excluding hydrogens is 245 g/mol. The Morgan fingerprint density at radius 2 is 1.94 bits per heavy atom. The molecule has 1 heterocycles. The van der Waals surface area contributed by atoms with Crippen molar-refractivity contribution >= 4 is 11.9 Å². The highest BCUT2D eigenvalue weighted by molar-refractivity contribution is 6.00. The molecule has 0 fully saturated rings. The topological polar surface area (TPSA) is 81.4 Å². The van der Waals surface area contributed by atoms with Gasteiger partial charge in [-0.1, -0.05) is 0 Å². The third-order valence-corrected chi connectivity index (χ3v) is 1.93. The van der Waals surface area contributed by atoms with Crippen LogP contribution in [0.25, 0.3) is 0 Å². The van der Waals surface area contributed by atoms with Crippen LogP contribution in [0, 0.1) is 0 Å². The van der Waals surface area contributed by atoms with E-state index in [2.05, 4.69) is 9.72 Å². The molecule has 1 rings (SSSR count). The number of carboxylic acids is 1. The number of hydrogen-bond acceptors (Lipinski definition) is 4. The van der Waals surface area contributed by atoms with E-state index in [0.29, 0.717) is 0 Å². The Hall–Kier alpha value is -2.06. The lowest BCUT2D eigenvalue weighted by atomic mass is 10.3. The van der Waals surface area contributed by atoms with Crippen LogP contribution in [0.15, 0.2) is 0 Å². The third kappa shape index (κ3) is 2.22. The van der Waals surface area contributed by atoms with Crippen LogP contribution in [0.2, 0.25) is 0 Å². The average Bonchev–Trinajstić information content (AvgIpc) is 2.54. The molecule has 0 aliphatic rings. The van der Waals surface area contributed by atoms with Crippen LogP contribution >= 0.6 is 0 Å². The van der Waals surface area contributed by atoms with Crippen LogP contribution in [0.1, 0.15) is 26.8 Å². The van der Waals surface area contributed by atoms with Gasteiger partial charge in [-0.05, 0) is 0 Å². The summed E-state index contributed by atoms with van der Waals surface area (Å²) in [5, 5.41) is 8.73. The molecule has 0 aromatic carbocycles. The van der Waals surface area contributed by atoms with Crippen molar-refractivity contribution in [2.24, 2.45) is 7.05 Å². The Bertz CT molecular complexity index is 478. The summed E-state index contributed by atoms with van der Waals surface area (Å²) in [6.45, 7) is 0. The number of rotatable bonds is 2. The molecule has 0 amide bonds. The number of methoxy groups -OCH3 is 1. The number of carboxylic acid groups (broad SMARTS) is 1. The summed E-state index contributed by atoms with van der Waals surface area (Å²) < 4.78 is 41.8. The van der Waals surface area contributed by atoms with Gasteiger partial charge in [-0.2, -0.15) is 13.2 Å². The number of hydrogen-bond donors (Lipinski definition) is 1. The fourth-order valence-corrected chi connectivity index (χ4v) is 1.24. The zero-order valence-corrected chi connectivity index (χ0v) is 8.70. The van der Waals surface area contributed by atoms with Crippen molar-refractivity contribution in [2.45, 2.75) is 6.18 Å². The highest BCUT2D eigenvalue weighted by Gasteiger charge is 2.40. The Kier molecular flexibility index (Phi) is 3.12. The summed E-state index contributed by atoms with van der Waals surface area (Å²) in [5.41, 5.74) is -1.75. The van der Waals surface area contributed by atoms with E-state index < -0.39 is 35.3 Å². The van der Waals surface area contributed by atoms with Crippen molar-refractivity contribution in [1.29, 1.82) is 0 Å². The number of aromatic carboxylic acids is 1. The molecule has 0 saturated heterocycles. The number of carbonyl (C=O) groups excluding carboxylic acids is 1. The average molecular weight is 252 g/mol. The predicted molar refractivity (Wildman–Crippen MR) is 46.5 cm³/mol. The molecule has 1 aromatic rings. The molecule has 1 aromatic heterocycles. The van der Waals surface area contributed by atoms with E-state index in [9.17, 15) is 22.8 Å². The van der Waals surface area contributed by atoms with Crippen LogP contribution < -0.4 is 0 Å². The minimum absolute atomic E-state index is 0.286. The number of imidazole rings is 1. The van der Waals surface area contributed by atoms with E-state index in [4.69, 9.17) is 5.11 Å². The lowest BCUT2D eigenvalue weighted by molar-refractivity contribution is -0.146. The van der Waals surface area contributed by atoms with Gasteiger partial charge in [0.05, 0.1) is 7.11 Å². The van der Waals surface area contributed by atoms with E-state index in [0.717, 1.165) is 14.2 Å². The first-order valence-electron chi connectivity index (χ1n) is 4.15. The summed E-state index contributed by atoms with van der Waals surface area (Å²) in [6, 6.07) is 0. The highest BCUT2D eigenvalue weighted by Crippen LogP contribution is 2.29. The highest BCUT2D eigenvalue weighted by atomic mass is 19.4. The number of carbonyl (C=O) groups is 2. The number of halogens is 3. The number of aromatic nitrogens is 2. The molecule has 0 aliphatic heterocycles. The maximum Gasteiger partial charge on any atom is 0.449 e. The van der Waals surface area contributed by atoms with Crippen LogP contribution in [0.3, 0.4) is 0 Å². The molecule has 0 radical (unpaired) electrons. The molecular formula is C8H7F3N2O4. The van der Waals surface area contributed by atoms with Gasteiger partial charge in [0, 0.05) is 7.05 Å². The van der Waals surface area contributed by atoms with Crippen molar-refractivity contribution < 1.29 is 32.6 Å². The van der Waals surface area contributed by atoms with Gasteiger partial charge in [-0.25, -0.2) is 14.6 Å². The molecule has 17 heavy (non-hydrogen) atoms. The smallest absolute Gasteiger partial charge is 0.449 e. The normalized spacial score (nSPS) is 11.4. The largest absolute Gasteiger partial charge is 0.476 e. The molecule has 6 nitrogen and oxygen atoms in total. The maximum absolute atomic E-state index is 12.4. The molecule has 0 atom stereocenters. The van der Waals surface area contributed by atoms with Gasteiger partial charge in [-0.3, -0.25) is 0 Å². The van der Waals surface area contributed by atoms with Crippen LogP contribution in [-0.4, -0.2) is 33.7 Å². The summed E-state index contributed by atoms with van der Waals surface area (Å²) in [6.07, 6.45) is -4.86. The number of alkyl halides is 3. The van der Waals surface area contributed by atoms with Crippen molar-refractivity contribution in [3.63, 3.8) is 0 Å². The number of esters is 1. The SMILES string of the molecule is COC(=O)c1nc(C(F)(F)F)n(C)c1C(=O)O. The molecule has 9 heteroatoms. The molecule has 0 aliphatic carbocycles. The Balaban J connectivity index is 3.51. The molecule has 0 saturated carbocycles. The van der Waals surface area contributed by atoms with Gasteiger partial charge < -0.3 is 14.4 Å². The Morgan fingerprint density at radius 3 is 2.29 bits per heavy atom. The van der Waals surface area contributed by atoms with E-state index in [1.54, 1.807) is 0 Å². The van der Waals surface area contributed by atoms with Crippen LogP contribution in [0.4, 0.5) is 13.2 Å². The monoisotopic (exact) mass is 252 g/mol. The fraction of sp³-hybridized carbons (Fsp3) is 0.375. The summed E-state index contributed by atoms with van der Waals surface area (Å²) in [5.74, 6) is -4.42. The minimum Gasteiger partial charge on any atom is -0.476 e. The zero-order chi connectivity index (χ0) is 13.4. The lowest BCUT2D eigenvalue weighted by Crippen LogP contribution is -2.16. The van der Waals surface area contributed by atoms with E-state index >= 15 is 0 Å². The van der Waals surface area contributed by atoms with E-state index in [1.807, 2.05) is 0 Å². The van der Waals surface area contributed by atoms with Gasteiger partial charge in [0.15, 0.2) is 11.4 Å². The number of nitrogens with zero attached hydrogens (tertiary/aromatic N) is 2. The standard InChI is InChI=1S/C8H7F3N2O4/c1-13-4(5(14)15)3(6(16)17-2)12-7(13)8(9,10)11/h1-2H3,(H,14,15). The van der Waals surface area contributed by atoms with Gasteiger partial charge in [0.1, 0.15) is 0 Å². The van der Waals surface area contributed by atoms with Crippen molar-refractivity contribution in [3.05, 3.63) is 17.2 Å². The van der Waals surface area contributed by atoms with E-state index in [1.165, 1.54) is 0 Å². The van der Waals surface area contributed by atoms with Gasteiger partial charge >= 0.3 is 18.1 Å². The predicted octanol–water partition coefficient (Wildman–Crippen LogP) is 0.924. The van der Waals surface area contributed by atoms with E-state index in [-0.39, 0.29) is 4.57 Å². The van der Waals surface area contributed by atoms with Crippen molar-refractivity contribution in [2.75, 3.05) is 7.11 Å². The fourth-order valence-electron chi connectivity index (χ4n) is 1.24. The van der Waals surface area contributed by atoms with Crippen LogP contribution in [-0.2, 0) is 18.0 Å². The summed E-state index contributed by atoms with van der Waals surface area (Å²) in [4.78, 5) is 24.8. The second-order valence-corrected chi connectivity index (χ2v) is 2.99. The van der Waals surface area contributed by atoms with Gasteiger partial charge in [-0.15, -0.1) is 0 Å². The second kappa shape index (κ2) is 4.07. The first kappa shape index (κ1) is 13.0. The molecule has 0 unspecified atom stereocenters. The Morgan fingerprint density at radius 1 is 1.41 bits per heavy atom. The maximum atomic E-state index is 12.4. The van der Waals surface area contributed by atoms with Gasteiger partial charge in [0.2, 0.25) is 5.82 Å². The summed E-state index contributed by atoms with van der Waals surface area (Å²) in [7, 11) is 1.77. The zero-order valence-electron chi connectivity index (χ0n) is 8.70. The molecule has 0 spiro atoms. The quantitative estimate of drug-likeness (QED) is 0.791. The minimum atomic E-state index is -4.86. The molecule has 0 bridgehead atoms. The van der Waals surface area contributed by atoms with Crippen LogP contribution in [0.5, 0.6) is 0 Å². The Labute approximate surface area is 92.6 Å². The first-order valence-corrected chi connectivity index (χ1v) is 4.15. The van der Waals surface area contributed by atoms with Crippen molar-refractivity contribution in [1.82, 2.24) is 9.55 Å². The number of ether oxygens (including phenoxy) is 1. The van der Waals surface area contributed by atoms with Gasteiger partial charge in [0.25, 0.3) is 0 Å². The third-order valence-electron chi connectivity index (χ3n) is 1.93.